The van der Waals surface area contributed by atoms with E-state index < -0.39 is 11.6 Å². The van der Waals surface area contributed by atoms with Gasteiger partial charge in [0.25, 0.3) is 0 Å². The van der Waals surface area contributed by atoms with E-state index in [0.29, 0.717) is 27.9 Å². The fraction of sp³-hybridized carbons (Fsp3) is 0.200. The average molecular weight is 430 g/mol. The molecular formula is C20H20N3O6S+. The Morgan fingerprint density at radius 3 is 2.57 bits per heavy atom. The van der Waals surface area contributed by atoms with Gasteiger partial charge in [-0.15, -0.1) is 0 Å². The second-order valence-corrected chi connectivity index (χ2v) is 7.09. The van der Waals surface area contributed by atoms with Gasteiger partial charge in [0.2, 0.25) is 11.6 Å². The Hall–Kier alpha value is -3.53. The number of thioether (sulfide) groups is 1. The van der Waals surface area contributed by atoms with E-state index in [1.165, 1.54) is 23.6 Å². The molecule has 0 unspecified atom stereocenters. The van der Waals surface area contributed by atoms with Crippen LogP contribution in [0.4, 0.5) is 5.69 Å². The lowest BCUT2D eigenvalue weighted by atomic mass is 10.2. The summed E-state index contributed by atoms with van der Waals surface area (Å²) < 4.78 is 16.2. The molecule has 0 saturated carbocycles. The molecule has 9 nitrogen and oxygen atoms in total. The number of hydrogen-bond donors (Lipinski definition) is 2. The molecule has 0 aliphatic rings. The summed E-state index contributed by atoms with van der Waals surface area (Å²) in [6, 6.07) is 13.6. The number of carbonyl (C=O) groups excluding carboxylic acids is 2. The molecule has 10 heteroatoms. The summed E-state index contributed by atoms with van der Waals surface area (Å²) in [6.45, 7) is 0. The number of aromatic nitrogens is 2. The number of para-hydroxylation sites is 1. The lowest BCUT2D eigenvalue weighted by Crippen LogP contribution is -2.36. The van der Waals surface area contributed by atoms with Crippen LogP contribution in [-0.2, 0) is 9.53 Å². The van der Waals surface area contributed by atoms with E-state index in [4.69, 9.17) is 14.0 Å². The summed E-state index contributed by atoms with van der Waals surface area (Å²) in [4.78, 5) is 36.1. The van der Waals surface area contributed by atoms with Crippen molar-refractivity contribution in [2.45, 2.75) is 11.4 Å². The molecule has 3 rings (SSSR count). The van der Waals surface area contributed by atoms with Crippen LogP contribution in [0.25, 0.3) is 5.69 Å². The number of anilines is 1. The normalized spacial score (nSPS) is 10.5. The Labute approximate surface area is 175 Å². The number of benzene rings is 2. The van der Waals surface area contributed by atoms with Gasteiger partial charge in [0.1, 0.15) is 5.75 Å². The molecule has 156 valence electrons. The van der Waals surface area contributed by atoms with Crippen LogP contribution in [0.1, 0.15) is 16.8 Å². The first-order valence-electron chi connectivity index (χ1n) is 8.91. The molecule has 2 aromatic carbocycles. The van der Waals surface area contributed by atoms with Crippen LogP contribution in [0.2, 0.25) is 0 Å². The number of methoxy groups -OCH3 is 2. The van der Waals surface area contributed by atoms with Crippen LogP contribution >= 0.6 is 11.8 Å². The van der Waals surface area contributed by atoms with Crippen molar-refractivity contribution in [1.82, 2.24) is 5.27 Å². The van der Waals surface area contributed by atoms with Gasteiger partial charge in [0, 0.05) is 24.3 Å². The van der Waals surface area contributed by atoms with Gasteiger partial charge in [0.05, 0.1) is 25.5 Å². The highest BCUT2D eigenvalue weighted by molar-refractivity contribution is 7.99. The Kier molecular flexibility index (Phi) is 6.91. The maximum atomic E-state index is 12.3. The topological polar surface area (TPSA) is 115 Å². The largest absolute Gasteiger partial charge is 0.497 e. The van der Waals surface area contributed by atoms with Crippen LogP contribution in [0, 0.1) is 0 Å². The van der Waals surface area contributed by atoms with Crippen LogP contribution in [0.3, 0.4) is 0 Å². The molecule has 0 radical (unpaired) electrons. The summed E-state index contributed by atoms with van der Waals surface area (Å²) >= 11 is 1.18. The highest BCUT2D eigenvalue weighted by Crippen LogP contribution is 2.18. The van der Waals surface area contributed by atoms with E-state index in [9.17, 15) is 14.4 Å². The first-order valence-corrected chi connectivity index (χ1v) is 9.90. The van der Waals surface area contributed by atoms with Crippen LogP contribution in [0.5, 0.6) is 5.75 Å². The summed E-state index contributed by atoms with van der Waals surface area (Å²) in [5, 5.41) is 5.55. The Morgan fingerprint density at radius 1 is 1.13 bits per heavy atom. The van der Waals surface area contributed by atoms with E-state index in [-0.39, 0.29) is 17.9 Å². The van der Waals surface area contributed by atoms with Crippen molar-refractivity contribution >= 4 is 29.3 Å². The number of H-pyrrole nitrogens is 1. The molecule has 0 atom stereocenters. The second kappa shape index (κ2) is 9.79. The maximum absolute atomic E-state index is 12.3. The maximum Gasteiger partial charge on any atom is 0.442 e. The number of nitrogens with zero attached hydrogens (tertiary/aromatic N) is 1. The standard InChI is InChI=1S/C20H19N3O6S/c1-27-14-9-7-13(8-10-14)23-18(20(26)29-22-23)30-12-11-17(24)21-16-6-4-3-5-15(16)19(25)28-2/h3-10H,11-12H2,1-2H3,(H-,21,22,24,25,26)/p+1. The van der Waals surface area contributed by atoms with Gasteiger partial charge in [-0.3, -0.25) is 9.32 Å². The van der Waals surface area contributed by atoms with Crippen LogP contribution < -0.4 is 20.4 Å². The summed E-state index contributed by atoms with van der Waals surface area (Å²) in [6.07, 6.45) is 0.118. The van der Waals surface area contributed by atoms with Crippen molar-refractivity contribution in [1.29, 1.82) is 0 Å². The smallest absolute Gasteiger partial charge is 0.442 e. The predicted molar refractivity (Wildman–Crippen MR) is 109 cm³/mol. The van der Waals surface area contributed by atoms with Crippen molar-refractivity contribution in [2.24, 2.45) is 0 Å². The third kappa shape index (κ3) is 4.90. The number of hydrogen-bond acceptors (Lipinski definition) is 7. The summed E-state index contributed by atoms with van der Waals surface area (Å²) in [5.41, 5.74) is 0.784. The Morgan fingerprint density at radius 2 is 1.87 bits per heavy atom. The van der Waals surface area contributed by atoms with Crippen molar-refractivity contribution < 1.29 is 28.3 Å². The van der Waals surface area contributed by atoms with Gasteiger partial charge in [0.15, 0.2) is 0 Å². The SMILES string of the molecule is COC(=O)c1ccccc1NC(=O)CCSc1c(=O)o[nH][n+]1-c1ccc(OC)cc1. The first-order chi connectivity index (χ1) is 14.5. The van der Waals surface area contributed by atoms with E-state index >= 15 is 0 Å². The number of nitrogens with one attached hydrogen (secondary N) is 2. The second-order valence-electron chi connectivity index (χ2n) is 6.00. The molecule has 0 spiro atoms. The molecule has 0 saturated heterocycles. The number of rotatable bonds is 8. The van der Waals surface area contributed by atoms with Crippen molar-refractivity contribution in [2.75, 3.05) is 25.3 Å². The van der Waals surface area contributed by atoms with Crippen LogP contribution in [-0.4, -0.2) is 37.1 Å². The molecule has 1 amide bonds. The lowest BCUT2D eigenvalue weighted by Gasteiger charge is -2.09. The molecule has 0 bridgehead atoms. The van der Waals surface area contributed by atoms with Crippen molar-refractivity contribution in [3.8, 4) is 11.4 Å². The number of amides is 1. The first kappa shape index (κ1) is 21.2. The molecule has 1 heterocycles. The van der Waals surface area contributed by atoms with Gasteiger partial charge >= 0.3 is 16.6 Å². The molecule has 30 heavy (non-hydrogen) atoms. The third-order valence-corrected chi connectivity index (χ3v) is 5.14. The zero-order chi connectivity index (χ0) is 21.5. The minimum Gasteiger partial charge on any atom is -0.497 e. The van der Waals surface area contributed by atoms with Crippen molar-refractivity contribution in [3.63, 3.8) is 0 Å². The minimum absolute atomic E-state index is 0.118. The number of aromatic amines is 1. The highest BCUT2D eigenvalue weighted by atomic mass is 32.2. The fourth-order valence-electron chi connectivity index (χ4n) is 2.62. The molecule has 0 aliphatic heterocycles. The molecule has 1 aromatic heterocycles. The van der Waals surface area contributed by atoms with Gasteiger partial charge in [-0.05, 0) is 46.0 Å². The molecule has 3 aromatic rings. The third-order valence-electron chi connectivity index (χ3n) is 4.11. The minimum atomic E-state index is -0.536. The van der Waals surface area contributed by atoms with Gasteiger partial charge in [-0.2, -0.15) is 0 Å². The van der Waals surface area contributed by atoms with Crippen molar-refractivity contribution in [3.05, 3.63) is 64.5 Å². The summed E-state index contributed by atoms with van der Waals surface area (Å²) in [5.74, 6) is 0.175. The number of ether oxygens (including phenoxy) is 2. The summed E-state index contributed by atoms with van der Waals surface area (Å²) in [7, 11) is 2.84. The van der Waals surface area contributed by atoms with Crippen LogP contribution in [0.15, 0.2) is 62.9 Å². The van der Waals surface area contributed by atoms with E-state index in [0.717, 1.165) is 0 Å². The van der Waals surface area contributed by atoms with E-state index in [1.54, 1.807) is 55.6 Å². The lowest BCUT2D eigenvalue weighted by molar-refractivity contribution is -0.704. The molecule has 0 fully saturated rings. The van der Waals surface area contributed by atoms with Gasteiger partial charge < -0.3 is 14.8 Å². The highest BCUT2D eigenvalue weighted by Gasteiger charge is 2.24. The molecule has 2 N–H and O–H groups in total. The number of carbonyl (C=O) groups is 2. The van der Waals surface area contributed by atoms with Gasteiger partial charge in [-0.1, -0.05) is 12.1 Å². The van der Waals surface area contributed by atoms with E-state index in [1.807, 2.05) is 0 Å². The number of esters is 1. The Bertz CT molecular complexity index is 1090. The predicted octanol–water partition coefficient (Wildman–Crippen LogP) is 2.16. The monoisotopic (exact) mass is 430 g/mol. The van der Waals surface area contributed by atoms with E-state index in [2.05, 4.69) is 10.6 Å². The average Bonchev–Trinajstić information content (AvgIpc) is 3.14. The fourth-order valence-corrected chi connectivity index (χ4v) is 3.53. The molecular weight excluding hydrogens is 410 g/mol. The molecule has 0 aliphatic carbocycles. The quantitative estimate of drug-likeness (QED) is 0.320. The zero-order valence-electron chi connectivity index (χ0n) is 16.3. The Balaban J connectivity index is 1.63. The van der Waals surface area contributed by atoms with Gasteiger partial charge in [-0.25, -0.2) is 9.59 Å². The zero-order valence-corrected chi connectivity index (χ0v) is 17.2.